The van der Waals surface area contributed by atoms with Crippen LogP contribution in [0.1, 0.15) is 30.8 Å². The number of imidazole rings is 1. The second-order valence-corrected chi connectivity index (χ2v) is 8.95. The average molecular weight is 456 g/mol. The van der Waals surface area contributed by atoms with Gasteiger partial charge in [-0.2, -0.15) is 0 Å². The van der Waals surface area contributed by atoms with Crippen molar-refractivity contribution in [1.29, 1.82) is 0 Å². The topological polar surface area (TPSA) is 100 Å². The molecule has 34 heavy (non-hydrogen) atoms. The Hall–Kier alpha value is -4.01. The van der Waals surface area contributed by atoms with E-state index < -0.39 is 6.09 Å². The van der Waals surface area contributed by atoms with Crippen LogP contribution in [0.3, 0.4) is 0 Å². The molecule has 0 bridgehead atoms. The van der Waals surface area contributed by atoms with Crippen LogP contribution in [0.25, 0.3) is 22.4 Å². The molecule has 1 aromatic carbocycles. The summed E-state index contributed by atoms with van der Waals surface area (Å²) in [6, 6.07) is 14.6. The summed E-state index contributed by atoms with van der Waals surface area (Å²) < 4.78 is 2.27. The number of piperazine rings is 1. The van der Waals surface area contributed by atoms with Crippen LogP contribution < -0.4 is 4.90 Å². The third kappa shape index (κ3) is 3.44. The fourth-order valence-corrected chi connectivity index (χ4v) is 5.11. The quantitative estimate of drug-likeness (QED) is 0.504. The molecule has 9 nitrogen and oxygen atoms in total. The average Bonchev–Trinajstić information content (AvgIpc) is 3.43. The summed E-state index contributed by atoms with van der Waals surface area (Å²) in [4.78, 5) is 33.7. The number of nitrogens with zero attached hydrogens (tertiary/aromatic N) is 7. The minimum Gasteiger partial charge on any atom is -0.465 e. The molecular weight excluding hydrogens is 430 g/mol. The van der Waals surface area contributed by atoms with E-state index in [0.717, 1.165) is 41.1 Å². The van der Waals surface area contributed by atoms with Crippen molar-refractivity contribution < 1.29 is 9.90 Å². The molecular formula is C25H25N7O2. The summed E-state index contributed by atoms with van der Waals surface area (Å²) in [6.45, 7) is 3.48. The van der Waals surface area contributed by atoms with Crippen LogP contribution in [0, 0.1) is 0 Å². The monoisotopic (exact) mass is 455 g/mol. The van der Waals surface area contributed by atoms with E-state index in [-0.39, 0.29) is 12.1 Å². The molecule has 0 aliphatic carbocycles. The minimum atomic E-state index is -0.884. The molecule has 9 heteroatoms. The van der Waals surface area contributed by atoms with Gasteiger partial charge in [0.05, 0.1) is 11.7 Å². The lowest BCUT2D eigenvalue weighted by Crippen LogP contribution is -2.54. The van der Waals surface area contributed by atoms with Gasteiger partial charge in [-0.15, -0.1) is 0 Å². The number of hydrogen-bond acceptors (Lipinski definition) is 6. The highest BCUT2D eigenvalue weighted by Crippen LogP contribution is 2.35. The lowest BCUT2D eigenvalue weighted by atomic mass is 10.0. The number of aryl methyl sites for hydroxylation is 1. The first-order valence-corrected chi connectivity index (χ1v) is 11.6. The van der Waals surface area contributed by atoms with Crippen molar-refractivity contribution in [3.05, 3.63) is 66.2 Å². The Kier molecular flexibility index (Phi) is 4.90. The Balaban J connectivity index is 1.28. The predicted molar refractivity (Wildman–Crippen MR) is 128 cm³/mol. The van der Waals surface area contributed by atoms with Gasteiger partial charge in [0.25, 0.3) is 0 Å². The minimum absolute atomic E-state index is 0.111. The van der Waals surface area contributed by atoms with Crippen LogP contribution in [0.15, 0.2) is 54.9 Å². The second kappa shape index (κ2) is 8.09. The highest BCUT2D eigenvalue weighted by Gasteiger charge is 2.29. The number of aromatic nitrogens is 5. The van der Waals surface area contributed by atoms with Crippen molar-refractivity contribution in [2.75, 3.05) is 24.5 Å². The SMILES string of the molecule is CC1CN(c2ncc(-c3ccc4nc5n(c4n3)[C@@H](c3ccccc3)CC5)cn2)CCN1C(=O)O. The van der Waals surface area contributed by atoms with Crippen LogP contribution in [0.4, 0.5) is 10.7 Å². The number of carboxylic acid groups (broad SMARTS) is 1. The van der Waals surface area contributed by atoms with E-state index in [9.17, 15) is 9.90 Å². The number of fused-ring (bicyclic) bond motifs is 3. The van der Waals surface area contributed by atoms with Crippen molar-refractivity contribution in [1.82, 2.24) is 29.4 Å². The molecule has 5 heterocycles. The Morgan fingerprint density at radius 2 is 1.82 bits per heavy atom. The van der Waals surface area contributed by atoms with Gasteiger partial charge in [-0.25, -0.2) is 24.7 Å². The largest absolute Gasteiger partial charge is 0.465 e. The second-order valence-electron chi connectivity index (χ2n) is 8.95. The Labute approximate surface area is 196 Å². The molecule has 0 radical (unpaired) electrons. The van der Waals surface area contributed by atoms with Crippen LogP contribution in [-0.2, 0) is 6.42 Å². The zero-order valence-corrected chi connectivity index (χ0v) is 18.9. The molecule has 0 spiro atoms. The summed E-state index contributed by atoms with van der Waals surface area (Å²) in [5.41, 5.74) is 4.72. The van der Waals surface area contributed by atoms with E-state index in [1.165, 1.54) is 10.5 Å². The molecule has 1 amide bonds. The molecule has 2 aliphatic rings. The third-order valence-electron chi connectivity index (χ3n) is 6.84. The Morgan fingerprint density at radius 1 is 1.03 bits per heavy atom. The zero-order chi connectivity index (χ0) is 23.2. The van der Waals surface area contributed by atoms with Gasteiger partial charge in [-0.1, -0.05) is 30.3 Å². The van der Waals surface area contributed by atoms with Gasteiger partial charge in [0.15, 0.2) is 5.65 Å². The molecule has 1 saturated heterocycles. The van der Waals surface area contributed by atoms with E-state index in [1.54, 1.807) is 12.4 Å². The van der Waals surface area contributed by atoms with Gasteiger partial charge in [0, 0.05) is 50.1 Å². The van der Waals surface area contributed by atoms with Crippen LogP contribution >= 0.6 is 0 Å². The lowest BCUT2D eigenvalue weighted by molar-refractivity contribution is 0.122. The van der Waals surface area contributed by atoms with E-state index in [2.05, 4.69) is 38.8 Å². The molecule has 4 aromatic rings. The maximum atomic E-state index is 11.3. The normalized spacial score (nSPS) is 20.0. The molecule has 1 fully saturated rings. The summed E-state index contributed by atoms with van der Waals surface area (Å²) in [6.07, 6.45) is 4.67. The summed E-state index contributed by atoms with van der Waals surface area (Å²) in [7, 11) is 0. The molecule has 2 aliphatic heterocycles. The van der Waals surface area contributed by atoms with Crippen LogP contribution in [0.5, 0.6) is 0 Å². The Bertz CT molecular complexity index is 1350. The molecule has 0 saturated carbocycles. The summed E-state index contributed by atoms with van der Waals surface area (Å²) >= 11 is 0. The first kappa shape index (κ1) is 20.6. The van der Waals surface area contributed by atoms with Crippen molar-refractivity contribution in [3.63, 3.8) is 0 Å². The van der Waals surface area contributed by atoms with E-state index in [4.69, 9.17) is 9.97 Å². The smallest absolute Gasteiger partial charge is 0.407 e. The van der Waals surface area contributed by atoms with Crippen LogP contribution in [-0.4, -0.2) is 66.3 Å². The maximum Gasteiger partial charge on any atom is 0.407 e. The van der Waals surface area contributed by atoms with Gasteiger partial charge in [0.1, 0.15) is 11.3 Å². The number of benzene rings is 1. The first-order valence-electron chi connectivity index (χ1n) is 11.6. The fraction of sp³-hybridized carbons (Fsp3) is 0.320. The predicted octanol–water partition coefficient (Wildman–Crippen LogP) is 3.61. The first-order chi connectivity index (χ1) is 16.6. The number of rotatable bonds is 3. The van der Waals surface area contributed by atoms with E-state index >= 15 is 0 Å². The number of amides is 1. The number of pyridine rings is 1. The molecule has 172 valence electrons. The van der Waals surface area contributed by atoms with Gasteiger partial charge >= 0.3 is 6.09 Å². The Morgan fingerprint density at radius 3 is 2.56 bits per heavy atom. The van der Waals surface area contributed by atoms with Gasteiger partial charge < -0.3 is 19.5 Å². The number of anilines is 1. The van der Waals surface area contributed by atoms with E-state index in [0.29, 0.717) is 25.6 Å². The number of hydrogen-bond donors (Lipinski definition) is 1. The van der Waals surface area contributed by atoms with Crippen LogP contribution in [0.2, 0.25) is 0 Å². The highest BCUT2D eigenvalue weighted by atomic mass is 16.4. The summed E-state index contributed by atoms with van der Waals surface area (Å²) in [5.74, 6) is 1.69. The lowest BCUT2D eigenvalue weighted by Gasteiger charge is -2.38. The molecule has 3 aromatic heterocycles. The fourth-order valence-electron chi connectivity index (χ4n) is 5.11. The van der Waals surface area contributed by atoms with Crippen molar-refractivity contribution in [3.8, 4) is 11.3 Å². The van der Waals surface area contributed by atoms with Gasteiger partial charge in [-0.3, -0.25) is 0 Å². The van der Waals surface area contributed by atoms with Crippen molar-refractivity contribution in [2.24, 2.45) is 0 Å². The molecule has 6 rings (SSSR count). The van der Waals surface area contributed by atoms with Gasteiger partial charge in [-0.05, 0) is 31.0 Å². The van der Waals surface area contributed by atoms with E-state index in [1.807, 2.05) is 30.0 Å². The van der Waals surface area contributed by atoms with Gasteiger partial charge in [0.2, 0.25) is 5.95 Å². The standard InChI is InChI=1S/C25H25N7O2/c1-16-15-30(11-12-31(16)25(33)34)24-26-13-18(14-27-24)19-7-8-20-23(29-19)32-21(9-10-22(32)28-20)17-5-3-2-4-6-17/h2-8,13-14,16,21H,9-12,15H2,1H3,(H,33,34)/t16?,21-/m1/s1. The maximum absolute atomic E-state index is 11.3. The molecule has 1 N–H and O–H groups in total. The number of carbonyl (C=O) groups is 1. The van der Waals surface area contributed by atoms with Crippen molar-refractivity contribution in [2.45, 2.75) is 31.8 Å². The molecule has 1 unspecified atom stereocenters. The zero-order valence-electron chi connectivity index (χ0n) is 18.9. The van der Waals surface area contributed by atoms with Crippen molar-refractivity contribution >= 4 is 23.2 Å². The third-order valence-corrected chi connectivity index (χ3v) is 6.84. The highest BCUT2D eigenvalue weighted by molar-refractivity contribution is 5.76. The summed E-state index contributed by atoms with van der Waals surface area (Å²) in [5, 5.41) is 9.29. The molecule has 2 atom stereocenters.